The number of aryl methyl sites for hydroxylation is 1. The highest BCUT2D eigenvalue weighted by Crippen LogP contribution is 2.32. The molecule has 1 aromatic carbocycles. The molecule has 0 fully saturated rings. The van der Waals surface area contributed by atoms with Gasteiger partial charge >= 0.3 is 5.97 Å². The molecule has 0 unspecified atom stereocenters. The van der Waals surface area contributed by atoms with Crippen molar-refractivity contribution in [2.75, 3.05) is 6.61 Å². The Morgan fingerprint density at radius 2 is 1.95 bits per heavy atom. The molecule has 0 saturated heterocycles. The van der Waals surface area contributed by atoms with Gasteiger partial charge in [0, 0.05) is 22.8 Å². The van der Waals surface area contributed by atoms with Crippen LogP contribution < -0.4 is 0 Å². The predicted molar refractivity (Wildman–Crippen MR) is 83.7 cm³/mol. The number of hydrogen-bond acceptors (Lipinski definition) is 3. The van der Waals surface area contributed by atoms with Gasteiger partial charge in [0.05, 0.1) is 10.0 Å². The third kappa shape index (κ3) is 3.58. The van der Waals surface area contributed by atoms with Gasteiger partial charge in [-0.25, -0.2) is 9.48 Å². The number of carboxylic acids is 1. The SMILES string of the molecule is O=C(O)c1nn(-c2c(Cl)cc(Br)cc2Cl)cc1CCCO. The van der Waals surface area contributed by atoms with Crippen LogP contribution in [0.3, 0.4) is 0 Å². The Morgan fingerprint density at radius 3 is 2.48 bits per heavy atom. The van der Waals surface area contributed by atoms with E-state index in [1.54, 1.807) is 18.3 Å². The number of carbonyl (C=O) groups is 1. The molecule has 0 atom stereocenters. The molecule has 0 bridgehead atoms. The van der Waals surface area contributed by atoms with Gasteiger partial charge in [-0.3, -0.25) is 0 Å². The number of rotatable bonds is 5. The molecule has 21 heavy (non-hydrogen) atoms. The number of halogens is 3. The maximum absolute atomic E-state index is 11.2. The van der Waals surface area contributed by atoms with E-state index in [-0.39, 0.29) is 12.3 Å². The van der Waals surface area contributed by atoms with Crippen LogP contribution in [-0.2, 0) is 6.42 Å². The number of hydrogen-bond donors (Lipinski definition) is 2. The van der Waals surface area contributed by atoms with Crippen molar-refractivity contribution >= 4 is 45.1 Å². The van der Waals surface area contributed by atoms with Crippen LogP contribution in [0.5, 0.6) is 0 Å². The second kappa shape index (κ2) is 6.79. The van der Waals surface area contributed by atoms with Crippen molar-refractivity contribution in [3.8, 4) is 5.69 Å². The quantitative estimate of drug-likeness (QED) is 0.814. The van der Waals surface area contributed by atoms with Crippen molar-refractivity contribution in [2.24, 2.45) is 0 Å². The van der Waals surface area contributed by atoms with Gasteiger partial charge in [0.2, 0.25) is 0 Å². The molecule has 0 radical (unpaired) electrons. The highest BCUT2D eigenvalue weighted by molar-refractivity contribution is 9.10. The van der Waals surface area contributed by atoms with Crippen molar-refractivity contribution in [1.82, 2.24) is 9.78 Å². The van der Waals surface area contributed by atoms with E-state index in [1.165, 1.54) is 4.68 Å². The minimum Gasteiger partial charge on any atom is -0.476 e. The Labute approximate surface area is 139 Å². The Morgan fingerprint density at radius 1 is 1.33 bits per heavy atom. The summed E-state index contributed by atoms with van der Waals surface area (Å²) in [5.41, 5.74) is 0.865. The zero-order valence-electron chi connectivity index (χ0n) is 10.7. The van der Waals surface area contributed by atoms with Gasteiger partial charge in [-0.05, 0) is 25.0 Å². The molecule has 0 aliphatic carbocycles. The predicted octanol–water partition coefficient (Wildman–Crippen LogP) is 3.56. The minimum absolute atomic E-state index is 0.0238. The summed E-state index contributed by atoms with van der Waals surface area (Å²) in [6, 6.07) is 3.30. The lowest BCUT2D eigenvalue weighted by molar-refractivity contribution is 0.0688. The van der Waals surface area contributed by atoms with Gasteiger partial charge in [0.1, 0.15) is 5.69 Å². The van der Waals surface area contributed by atoms with Gasteiger partial charge in [0.15, 0.2) is 5.69 Å². The number of nitrogens with zero attached hydrogens (tertiary/aromatic N) is 2. The second-order valence-corrected chi connectivity index (χ2v) is 6.03. The Bertz CT molecular complexity index is 665. The zero-order valence-corrected chi connectivity index (χ0v) is 13.8. The standard InChI is InChI=1S/C13H11BrCl2N2O3/c14-8-4-9(15)12(10(16)5-8)18-6-7(2-1-3-19)11(17-18)13(20)21/h4-6,19H,1-3H2,(H,20,21). The first kappa shape index (κ1) is 16.3. The molecule has 0 aliphatic rings. The van der Waals surface area contributed by atoms with E-state index in [0.29, 0.717) is 38.6 Å². The van der Waals surface area contributed by atoms with Gasteiger partial charge in [-0.15, -0.1) is 0 Å². The molecule has 2 rings (SSSR count). The van der Waals surface area contributed by atoms with Crippen LogP contribution in [0.25, 0.3) is 5.69 Å². The molecule has 2 N–H and O–H groups in total. The monoisotopic (exact) mass is 392 g/mol. The zero-order chi connectivity index (χ0) is 15.6. The Balaban J connectivity index is 2.52. The third-order valence-corrected chi connectivity index (χ3v) is 3.84. The minimum atomic E-state index is -1.13. The molecule has 8 heteroatoms. The molecular weight excluding hydrogens is 383 g/mol. The number of aromatic carboxylic acids is 1. The Kier molecular flexibility index (Phi) is 5.27. The molecule has 2 aromatic rings. The summed E-state index contributed by atoms with van der Waals surface area (Å²) in [5.74, 6) is -1.13. The number of benzene rings is 1. The summed E-state index contributed by atoms with van der Waals surface area (Å²) in [6.07, 6.45) is 2.43. The van der Waals surface area contributed by atoms with E-state index in [9.17, 15) is 9.90 Å². The fourth-order valence-electron chi connectivity index (χ4n) is 1.91. The van der Waals surface area contributed by atoms with Crippen LogP contribution in [0.1, 0.15) is 22.5 Å². The molecule has 0 saturated carbocycles. The van der Waals surface area contributed by atoms with Gasteiger partial charge < -0.3 is 10.2 Å². The van der Waals surface area contributed by atoms with Crippen molar-refractivity contribution in [3.05, 3.63) is 44.1 Å². The lowest BCUT2D eigenvalue weighted by atomic mass is 10.1. The van der Waals surface area contributed by atoms with E-state index >= 15 is 0 Å². The van der Waals surface area contributed by atoms with Crippen molar-refractivity contribution in [3.63, 3.8) is 0 Å². The third-order valence-electron chi connectivity index (χ3n) is 2.81. The topological polar surface area (TPSA) is 75.3 Å². The first-order valence-corrected chi connectivity index (χ1v) is 7.56. The smallest absolute Gasteiger partial charge is 0.356 e. The van der Waals surface area contributed by atoms with Crippen molar-refractivity contribution < 1.29 is 15.0 Å². The maximum Gasteiger partial charge on any atom is 0.356 e. The summed E-state index contributed by atoms with van der Waals surface area (Å²) in [6.45, 7) is -0.0238. The summed E-state index contributed by atoms with van der Waals surface area (Å²) < 4.78 is 2.07. The summed E-state index contributed by atoms with van der Waals surface area (Å²) >= 11 is 15.6. The van der Waals surface area contributed by atoms with Crippen molar-refractivity contribution in [2.45, 2.75) is 12.8 Å². The number of aliphatic hydroxyl groups excluding tert-OH is 1. The van der Waals surface area contributed by atoms with Crippen LogP contribution in [0.2, 0.25) is 10.0 Å². The van der Waals surface area contributed by atoms with Crippen LogP contribution in [-0.4, -0.2) is 32.6 Å². The lowest BCUT2D eigenvalue weighted by Gasteiger charge is -2.07. The molecule has 0 aliphatic heterocycles. The first-order chi connectivity index (χ1) is 9.93. The van der Waals surface area contributed by atoms with Gasteiger partial charge in [-0.1, -0.05) is 39.1 Å². The van der Waals surface area contributed by atoms with Gasteiger partial charge in [0.25, 0.3) is 0 Å². The second-order valence-electron chi connectivity index (χ2n) is 4.30. The first-order valence-electron chi connectivity index (χ1n) is 6.01. The van der Waals surface area contributed by atoms with Crippen LogP contribution in [0.15, 0.2) is 22.8 Å². The van der Waals surface area contributed by atoms with E-state index < -0.39 is 5.97 Å². The molecule has 112 valence electrons. The van der Waals surface area contributed by atoms with E-state index in [1.807, 2.05) is 0 Å². The average molecular weight is 394 g/mol. The largest absolute Gasteiger partial charge is 0.476 e. The van der Waals surface area contributed by atoms with Crippen LogP contribution in [0.4, 0.5) is 0 Å². The maximum atomic E-state index is 11.2. The fourth-order valence-corrected chi connectivity index (χ4v) is 3.29. The summed E-state index contributed by atoms with van der Waals surface area (Å²) in [4.78, 5) is 11.2. The van der Waals surface area contributed by atoms with E-state index in [0.717, 1.165) is 0 Å². The molecular formula is C13H11BrCl2N2O3. The molecule has 1 aromatic heterocycles. The van der Waals surface area contributed by atoms with E-state index in [2.05, 4.69) is 21.0 Å². The van der Waals surface area contributed by atoms with E-state index in [4.69, 9.17) is 28.3 Å². The van der Waals surface area contributed by atoms with Crippen LogP contribution in [0, 0.1) is 0 Å². The van der Waals surface area contributed by atoms with Gasteiger partial charge in [-0.2, -0.15) is 5.10 Å². The average Bonchev–Trinajstić information content (AvgIpc) is 2.79. The highest BCUT2D eigenvalue weighted by Gasteiger charge is 2.19. The fraction of sp³-hybridized carbons (Fsp3) is 0.231. The summed E-state index contributed by atoms with van der Waals surface area (Å²) in [7, 11) is 0. The van der Waals surface area contributed by atoms with Crippen molar-refractivity contribution in [1.29, 1.82) is 0 Å². The Hall–Kier alpha value is -1.08. The number of aliphatic hydroxyl groups is 1. The lowest BCUT2D eigenvalue weighted by Crippen LogP contribution is -2.04. The molecule has 0 spiro atoms. The number of carboxylic acid groups (broad SMARTS) is 1. The van der Waals surface area contributed by atoms with Crippen LogP contribution >= 0.6 is 39.1 Å². The summed E-state index contributed by atoms with van der Waals surface area (Å²) in [5, 5.41) is 22.8. The molecule has 5 nitrogen and oxygen atoms in total. The normalized spacial score (nSPS) is 10.9. The molecule has 1 heterocycles. The highest BCUT2D eigenvalue weighted by atomic mass is 79.9. The number of aromatic nitrogens is 2. The molecule has 0 amide bonds.